The van der Waals surface area contributed by atoms with E-state index in [0.717, 1.165) is 39.3 Å². The lowest BCUT2D eigenvalue weighted by atomic mass is 9.82. The zero-order chi connectivity index (χ0) is 39.5. The molecule has 0 radical (unpaired) electrons. The first-order valence-electron chi connectivity index (χ1n) is 20.1. The zero-order valence-corrected chi connectivity index (χ0v) is 32.8. The summed E-state index contributed by atoms with van der Waals surface area (Å²) in [6.45, 7) is 4.70. The van der Waals surface area contributed by atoms with Gasteiger partial charge in [-0.2, -0.15) is 9.97 Å². The molecular weight excluding hydrogens is 719 g/mol. The van der Waals surface area contributed by atoms with Crippen LogP contribution in [-0.2, 0) is 5.41 Å². The van der Waals surface area contributed by atoms with Gasteiger partial charge in [-0.15, -0.1) is 0 Å². The van der Waals surface area contributed by atoms with Gasteiger partial charge in [-0.3, -0.25) is 4.90 Å². The molecule has 0 unspecified atom stereocenters. The monoisotopic (exact) mass is 757 g/mol. The summed E-state index contributed by atoms with van der Waals surface area (Å²) in [5.41, 5.74) is 14.7. The largest absolute Gasteiger partial charge is 0.309 e. The van der Waals surface area contributed by atoms with Crippen LogP contribution in [0.2, 0.25) is 0 Å². The number of hydrogen-bond donors (Lipinski definition) is 0. The minimum Gasteiger partial charge on any atom is -0.309 e. The third-order valence-electron chi connectivity index (χ3n) is 11.8. The van der Waals surface area contributed by atoms with E-state index in [4.69, 9.17) is 15.0 Å². The zero-order valence-electron chi connectivity index (χ0n) is 32.8. The second-order valence-electron chi connectivity index (χ2n) is 15.7. The molecule has 0 saturated heterocycles. The van der Waals surface area contributed by atoms with Crippen LogP contribution in [0, 0.1) is 0 Å². The summed E-state index contributed by atoms with van der Waals surface area (Å²) in [6.07, 6.45) is 0. The van der Waals surface area contributed by atoms with Gasteiger partial charge >= 0.3 is 0 Å². The Morgan fingerprint density at radius 2 is 1.02 bits per heavy atom. The molecule has 0 spiro atoms. The second-order valence-corrected chi connectivity index (χ2v) is 15.7. The smallest absolute Gasteiger partial charge is 0.238 e. The van der Waals surface area contributed by atoms with Crippen LogP contribution in [-0.4, -0.2) is 19.5 Å². The van der Waals surface area contributed by atoms with Gasteiger partial charge in [-0.05, 0) is 76.3 Å². The van der Waals surface area contributed by atoms with Crippen molar-refractivity contribution in [3.8, 4) is 50.7 Å². The van der Waals surface area contributed by atoms with E-state index in [9.17, 15) is 0 Å². The van der Waals surface area contributed by atoms with Gasteiger partial charge < -0.3 is 4.57 Å². The van der Waals surface area contributed by atoms with Crippen molar-refractivity contribution < 1.29 is 0 Å². The Kier molecular flexibility index (Phi) is 8.09. The van der Waals surface area contributed by atoms with Crippen LogP contribution < -0.4 is 4.90 Å². The SMILES string of the molecule is CC1(C)c2ccccc2-c2cc3c4ccccc4n(-c4cccc(-c5ccccc5N(c5ccccc5)c5nc(-c6ccccc6)nc(-c6ccccc6)n5)c4)c3cc21. The van der Waals surface area contributed by atoms with Crippen LogP contribution >= 0.6 is 0 Å². The first kappa shape index (κ1) is 34.6. The molecule has 5 heteroatoms. The van der Waals surface area contributed by atoms with Crippen molar-refractivity contribution in [2.24, 2.45) is 0 Å². The molecule has 0 aliphatic heterocycles. The molecule has 1 aliphatic rings. The van der Waals surface area contributed by atoms with Gasteiger partial charge in [0.25, 0.3) is 0 Å². The number of aromatic nitrogens is 4. The third kappa shape index (κ3) is 5.73. The quantitative estimate of drug-likeness (QED) is 0.162. The summed E-state index contributed by atoms with van der Waals surface area (Å²) in [7, 11) is 0. The Labute approximate surface area is 343 Å². The number of hydrogen-bond acceptors (Lipinski definition) is 4. The standard InChI is InChI=1S/C54H39N5/c1-54(2)46-30-15-12-28-42(46)44-34-45-43-29-14-17-32-49(43)58(50(45)35-47(44)54)40-26-18-23-38(33-40)41-27-13-16-31-48(41)59(39-24-10-5-11-25-39)53-56-51(36-19-6-3-7-20-36)55-52(57-53)37-21-8-4-9-22-37/h3-35H,1-2H3. The molecule has 0 atom stereocenters. The van der Waals surface area contributed by atoms with E-state index in [-0.39, 0.29) is 5.41 Å². The highest BCUT2D eigenvalue weighted by Gasteiger charge is 2.36. The van der Waals surface area contributed by atoms with Crippen LogP contribution in [0.25, 0.3) is 72.5 Å². The molecule has 10 aromatic rings. The van der Waals surface area contributed by atoms with Gasteiger partial charge in [0.1, 0.15) is 0 Å². The van der Waals surface area contributed by atoms with Gasteiger partial charge in [0.15, 0.2) is 11.6 Å². The molecule has 5 nitrogen and oxygen atoms in total. The van der Waals surface area contributed by atoms with Gasteiger partial charge in [0, 0.05) is 44.3 Å². The molecule has 59 heavy (non-hydrogen) atoms. The second kappa shape index (κ2) is 13.8. The third-order valence-corrected chi connectivity index (χ3v) is 11.8. The minimum absolute atomic E-state index is 0.112. The van der Waals surface area contributed by atoms with Gasteiger partial charge in [-0.25, -0.2) is 4.98 Å². The normalized spacial score (nSPS) is 12.7. The van der Waals surface area contributed by atoms with Crippen molar-refractivity contribution in [2.75, 3.05) is 4.90 Å². The molecule has 8 aromatic carbocycles. The predicted molar refractivity (Wildman–Crippen MR) is 243 cm³/mol. The summed E-state index contributed by atoms with van der Waals surface area (Å²) in [6, 6.07) is 70.6. The molecule has 1 aliphatic carbocycles. The van der Waals surface area contributed by atoms with Crippen LogP contribution in [0.5, 0.6) is 0 Å². The molecule has 11 rings (SSSR count). The summed E-state index contributed by atoms with van der Waals surface area (Å²) >= 11 is 0. The highest BCUT2D eigenvalue weighted by Crippen LogP contribution is 2.51. The maximum Gasteiger partial charge on any atom is 0.238 e. The first-order chi connectivity index (χ1) is 29.0. The highest BCUT2D eigenvalue weighted by molar-refractivity contribution is 6.11. The first-order valence-corrected chi connectivity index (χ1v) is 20.1. The fraction of sp³-hybridized carbons (Fsp3) is 0.0556. The molecule has 0 fully saturated rings. The van der Waals surface area contributed by atoms with Crippen molar-refractivity contribution >= 4 is 39.1 Å². The summed E-state index contributed by atoms with van der Waals surface area (Å²) in [5, 5.41) is 2.50. The number of fused-ring (bicyclic) bond motifs is 6. The number of nitrogens with zero attached hydrogens (tertiary/aromatic N) is 5. The van der Waals surface area contributed by atoms with Crippen LogP contribution in [0.1, 0.15) is 25.0 Å². The maximum atomic E-state index is 5.20. The van der Waals surface area contributed by atoms with E-state index in [1.165, 1.54) is 44.1 Å². The Morgan fingerprint density at radius 3 is 1.75 bits per heavy atom. The number of anilines is 3. The molecule has 2 heterocycles. The summed E-state index contributed by atoms with van der Waals surface area (Å²) < 4.78 is 2.44. The summed E-state index contributed by atoms with van der Waals surface area (Å²) in [5.74, 6) is 1.75. The number of para-hydroxylation sites is 3. The maximum absolute atomic E-state index is 5.20. The molecule has 0 saturated carbocycles. The average Bonchev–Trinajstić information content (AvgIpc) is 3.74. The van der Waals surface area contributed by atoms with E-state index >= 15 is 0 Å². The lowest BCUT2D eigenvalue weighted by Gasteiger charge is -2.26. The van der Waals surface area contributed by atoms with Crippen LogP contribution in [0.3, 0.4) is 0 Å². The predicted octanol–water partition coefficient (Wildman–Crippen LogP) is 13.7. The molecular formula is C54H39N5. The Hall–Kier alpha value is -7.63. The molecule has 0 N–H and O–H groups in total. The van der Waals surface area contributed by atoms with E-state index in [1.807, 2.05) is 66.7 Å². The molecule has 280 valence electrons. The van der Waals surface area contributed by atoms with Crippen molar-refractivity contribution in [1.82, 2.24) is 19.5 Å². The Morgan fingerprint density at radius 1 is 0.424 bits per heavy atom. The van der Waals surface area contributed by atoms with Gasteiger partial charge in [0.05, 0.1) is 16.7 Å². The van der Waals surface area contributed by atoms with E-state index < -0.39 is 0 Å². The molecule has 2 aromatic heterocycles. The molecule has 0 bridgehead atoms. The van der Waals surface area contributed by atoms with Crippen LogP contribution in [0.15, 0.2) is 200 Å². The van der Waals surface area contributed by atoms with Gasteiger partial charge in [0.2, 0.25) is 5.95 Å². The number of benzene rings is 8. The van der Waals surface area contributed by atoms with Crippen molar-refractivity contribution in [3.05, 3.63) is 211 Å². The van der Waals surface area contributed by atoms with E-state index in [2.05, 4.69) is 157 Å². The Bertz CT molecular complexity index is 3130. The minimum atomic E-state index is -0.112. The number of rotatable bonds is 7. The average molecular weight is 758 g/mol. The van der Waals surface area contributed by atoms with Gasteiger partial charge in [-0.1, -0.05) is 166 Å². The van der Waals surface area contributed by atoms with Crippen LogP contribution in [0.4, 0.5) is 17.3 Å². The van der Waals surface area contributed by atoms with Crippen molar-refractivity contribution in [3.63, 3.8) is 0 Å². The van der Waals surface area contributed by atoms with Crippen molar-refractivity contribution in [2.45, 2.75) is 19.3 Å². The van der Waals surface area contributed by atoms with E-state index in [0.29, 0.717) is 17.6 Å². The lowest BCUT2D eigenvalue weighted by Crippen LogP contribution is -2.16. The Balaban J connectivity index is 1.10. The lowest BCUT2D eigenvalue weighted by molar-refractivity contribution is 0.661. The van der Waals surface area contributed by atoms with Crippen molar-refractivity contribution in [1.29, 1.82) is 0 Å². The topological polar surface area (TPSA) is 46.8 Å². The highest BCUT2D eigenvalue weighted by atomic mass is 15.3. The fourth-order valence-electron chi connectivity index (χ4n) is 9.00. The molecule has 0 amide bonds. The summed E-state index contributed by atoms with van der Waals surface area (Å²) in [4.78, 5) is 17.6. The fourth-order valence-corrected chi connectivity index (χ4v) is 9.00. The van der Waals surface area contributed by atoms with E-state index in [1.54, 1.807) is 0 Å².